The Morgan fingerprint density at radius 2 is 1.96 bits per heavy atom. The van der Waals surface area contributed by atoms with Crippen LogP contribution >= 0.6 is 0 Å². The molecular formula is C18H16FN5O. The minimum Gasteiger partial charge on any atom is -0.307 e. The highest BCUT2D eigenvalue weighted by Gasteiger charge is 2.30. The Balaban J connectivity index is 1.56. The number of benzene rings is 2. The van der Waals surface area contributed by atoms with Crippen molar-refractivity contribution in [3.8, 4) is 11.4 Å². The fraction of sp³-hybridized carbons (Fsp3) is 0.222. The Labute approximate surface area is 143 Å². The highest BCUT2D eigenvalue weighted by Crippen LogP contribution is 2.31. The molecule has 7 heteroatoms. The van der Waals surface area contributed by atoms with Crippen LogP contribution in [-0.2, 0) is 17.8 Å². The second-order valence-corrected chi connectivity index (χ2v) is 6.07. The molecule has 0 bridgehead atoms. The van der Waals surface area contributed by atoms with Crippen molar-refractivity contribution in [3.05, 3.63) is 59.9 Å². The zero-order valence-corrected chi connectivity index (χ0v) is 13.6. The maximum Gasteiger partial charge on any atom is 0.250 e. The molecule has 2 aromatic carbocycles. The fourth-order valence-electron chi connectivity index (χ4n) is 3.20. The highest BCUT2D eigenvalue weighted by molar-refractivity contribution is 5.95. The third kappa shape index (κ3) is 2.77. The minimum atomic E-state index is -0.421. The zero-order chi connectivity index (χ0) is 17.4. The first-order valence-electron chi connectivity index (χ1n) is 8.06. The lowest BCUT2D eigenvalue weighted by Gasteiger charge is -2.22. The molecule has 2 heterocycles. The summed E-state index contributed by atoms with van der Waals surface area (Å²) in [6.07, 6.45) is 0.827. The van der Waals surface area contributed by atoms with Crippen LogP contribution in [0.2, 0.25) is 0 Å². The summed E-state index contributed by atoms with van der Waals surface area (Å²) in [5, 5.41) is 11.9. The lowest BCUT2D eigenvalue weighted by molar-refractivity contribution is -0.119. The molecule has 0 unspecified atom stereocenters. The standard InChI is InChI=1S/C18H16FN5O/c1-12-10-13-6-2-5-9-16(13)24(12)17(25)11-23-21-18(20-22-23)14-7-3-4-8-15(14)19/h2-9,12H,10-11H2,1H3/t12-/m0/s1. The molecule has 25 heavy (non-hydrogen) atoms. The van der Waals surface area contributed by atoms with E-state index >= 15 is 0 Å². The van der Waals surface area contributed by atoms with Crippen molar-refractivity contribution in [1.29, 1.82) is 0 Å². The van der Waals surface area contributed by atoms with E-state index in [9.17, 15) is 9.18 Å². The number of hydrogen-bond donors (Lipinski definition) is 0. The van der Waals surface area contributed by atoms with E-state index in [1.54, 1.807) is 23.1 Å². The summed E-state index contributed by atoms with van der Waals surface area (Å²) in [6.45, 7) is 1.97. The number of amides is 1. The molecule has 0 saturated heterocycles. The van der Waals surface area contributed by atoms with E-state index in [1.807, 2.05) is 31.2 Å². The van der Waals surface area contributed by atoms with Gasteiger partial charge < -0.3 is 4.90 Å². The maximum atomic E-state index is 13.8. The first-order valence-corrected chi connectivity index (χ1v) is 8.06. The topological polar surface area (TPSA) is 63.9 Å². The van der Waals surface area contributed by atoms with Crippen molar-refractivity contribution < 1.29 is 9.18 Å². The number of carbonyl (C=O) groups excluding carboxylic acids is 1. The number of anilines is 1. The van der Waals surface area contributed by atoms with Gasteiger partial charge in [0.1, 0.15) is 12.4 Å². The van der Waals surface area contributed by atoms with Crippen LogP contribution in [0.15, 0.2) is 48.5 Å². The maximum absolute atomic E-state index is 13.8. The predicted octanol–water partition coefficient (Wildman–Crippen LogP) is 2.46. The van der Waals surface area contributed by atoms with E-state index in [4.69, 9.17) is 0 Å². The van der Waals surface area contributed by atoms with E-state index in [2.05, 4.69) is 15.4 Å². The lowest BCUT2D eigenvalue weighted by atomic mass is 10.1. The first-order chi connectivity index (χ1) is 12.1. The molecule has 0 saturated carbocycles. The molecule has 0 spiro atoms. The number of hydrogen-bond acceptors (Lipinski definition) is 4. The molecule has 0 N–H and O–H groups in total. The largest absolute Gasteiger partial charge is 0.307 e. The SMILES string of the molecule is C[C@H]1Cc2ccccc2N1C(=O)Cn1nnc(-c2ccccc2F)n1. The van der Waals surface area contributed by atoms with Crippen molar-refractivity contribution >= 4 is 11.6 Å². The Hall–Kier alpha value is -3.09. The number of fused-ring (bicyclic) bond motifs is 1. The molecule has 1 atom stereocenters. The summed E-state index contributed by atoms with van der Waals surface area (Å²) in [7, 11) is 0. The summed E-state index contributed by atoms with van der Waals surface area (Å²) in [5.74, 6) is -0.369. The number of halogens is 1. The third-order valence-corrected chi connectivity index (χ3v) is 4.32. The van der Waals surface area contributed by atoms with Gasteiger partial charge in [0, 0.05) is 11.7 Å². The lowest BCUT2D eigenvalue weighted by Crippen LogP contribution is -2.38. The van der Waals surface area contributed by atoms with Crippen LogP contribution < -0.4 is 4.90 Å². The van der Waals surface area contributed by atoms with Crippen molar-refractivity contribution in [3.63, 3.8) is 0 Å². The molecule has 0 fully saturated rings. The van der Waals surface area contributed by atoms with Gasteiger partial charge in [0.05, 0.1) is 5.56 Å². The summed E-state index contributed by atoms with van der Waals surface area (Å²) in [6, 6.07) is 14.2. The predicted molar refractivity (Wildman–Crippen MR) is 90.3 cm³/mol. The first kappa shape index (κ1) is 15.4. The number of carbonyl (C=O) groups is 1. The van der Waals surface area contributed by atoms with Gasteiger partial charge in [0.25, 0.3) is 5.91 Å². The smallest absolute Gasteiger partial charge is 0.250 e. The van der Waals surface area contributed by atoms with Gasteiger partial charge in [-0.2, -0.15) is 4.80 Å². The summed E-state index contributed by atoms with van der Waals surface area (Å²) in [5.41, 5.74) is 2.34. The quantitative estimate of drug-likeness (QED) is 0.736. The number of rotatable bonds is 3. The highest BCUT2D eigenvalue weighted by atomic mass is 19.1. The second kappa shape index (κ2) is 6.08. The molecule has 1 amide bonds. The molecule has 0 aliphatic carbocycles. The zero-order valence-electron chi connectivity index (χ0n) is 13.6. The number of para-hydroxylation sites is 1. The van der Waals surface area contributed by atoms with Crippen molar-refractivity contribution in [2.45, 2.75) is 25.9 Å². The Bertz CT molecular complexity index is 938. The van der Waals surface area contributed by atoms with Gasteiger partial charge in [0.2, 0.25) is 5.82 Å². The van der Waals surface area contributed by atoms with Gasteiger partial charge in [-0.05, 0) is 42.3 Å². The van der Waals surface area contributed by atoms with Crippen molar-refractivity contribution in [2.75, 3.05) is 4.90 Å². The molecule has 1 aliphatic rings. The Kier molecular flexibility index (Phi) is 3.76. The summed E-state index contributed by atoms with van der Waals surface area (Å²) < 4.78 is 13.8. The van der Waals surface area contributed by atoms with Crippen molar-refractivity contribution in [2.24, 2.45) is 0 Å². The third-order valence-electron chi connectivity index (χ3n) is 4.32. The Morgan fingerprint density at radius 1 is 1.20 bits per heavy atom. The van der Waals surface area contributed by atoms with E-state index in [0.717, 1.165) is 17.7 Å². The summed E-state index contributed by atoms with van der Waals surface area (Å²) >= 11 is 0. The monoisotopic (exact) mass is 337 g/mol. The Morgan fingerprint density at radius 3 is 2.80 bits per heavy atom. The minimum absolute atomic E-state index is 0.0415. The molecule has 0 radical (unpaired) electrons. The molecule has 126 valence electrons. The van der Waals surface area contributed by atoms with Gasteiger partial charge in [0.15, 0.2) is 0 Å². The van der Waals surface area contributed by atoms with E-state index in [-0.39, 0.29) is 29.9 Å². The van der Waals surface area contributed by atoms with Gasteiger partial charge in [-0.1, -0.05) is 30.3 Å². The number of aromatic nitrogens is 4. The van der Waals surface area contributed by atoms with Crippen LogP contribution in [0.1, 0.15) is 12.5 Å². The van der Waals surface area contributed by atoms with E-state index in [0.29, 0.717) is 0 Å². The van der Waals surface area contributed by atoms with Crippen LogP contribution in [0.4, 0.5) is 10.1 Å². The average molecular weight is 337 g/mol. The second-order valence-electron chi connectivity index (χ2n) is 6.07. The fourth-order valence-corrected chi connectivity index (χ4v) is 3.20. The average Bonchev–Trinajstić information content (AvgIpc) is 3.18. The molecule has 1 aromatic heterocycles. The van der Waals surface area contributed by atoms with Crippen LogP contribution in [0.3, 0.4) is 0 Å². The van der Waals surface area contributed by atoms with Crippen molar-refractivity contribution in [1.82, 2.24) is 20.2 Å². The molecule has 1 aliphatic heterocycles. The van der Waals surface area contributed by atoms with Gasteiger partial charge in [-0.3, -0.25) is 4.79 Å². The van der Waals surface area contributed by atoms with E-state index < -0.39 is 5.82 Å². The van der Waals surface area contributed by atoms with Crippen LogP contribution in [0.5, 0.6) is 0 Å². The van der Waals surface area contributed by atoms with Crippen LogP contribution in [0.25, 0.3) is 11.4 Å². The number of tetrazole rings is 1. The van der Waals surface area contributed by atoms with Gasteiger partial charge in [-0.25, -0.2) is 4.39 Å². The number of nitrogens with zero attached hydrogens (tertiary/aromatic N) is 5. The van der Waals surface area contributed by atoms with Crippen LogP contribution in [-0.4, -0.2) is 32.2 Å². The molecular weight excluding hydrogens is 321 g/mol. The normalized spacial score (nSPS) is 16.1. The molecule has 3 aromatic rings. The van der Waals surface area contributed by atoms with Gasteiger partial charge in [-0.15, -0.1) is 10.2 Å². The molecule has 6 nitrogen and oxygen atoms in total. The van der Waals surface area contributed by atoms with Gasteiger partial charge >= 0.3 is 0 Å². The van der Waals surface area contributed by atoms with Crippen LogP contribution in [0, 0.1) is 5.82 Å². The van der Waals surface area contributed by atoms with E-state index in [1.165, 1.54) is 10.9 Å². The summed E-state index contributed by atoms with van der Waals surface area (Å²) in [4.78, 5) is 15.7. The molecule has 4 rings (SSSR count).